The fourth-order valence-corrected chi connectivity index (χ4v) is 3.41. The molecule has 4 nitrogen and oxygen atoms in total. The maximum atomic E-state index is 12.2. The average molecular weight is 324 g/mol. The van der Waals surface area contributed by atoms with Crippen molar-refractivity contribution in [3.63, 3.8) is 0 Å². The predicted molar refractivity (Wildman–Crippen MR) is 87.0 cm³/mol. The van der Waals surface area contributed by atoms with Crippen LogP contribution in [0.5, 0.6) is 0 Å². The smallest absolute Gasteiger partial charge is 0.263 e. The Balaban J connectivity index is 2.01. The third-order valence-electron chi connectivity index (χ3n) is 3.02. The van der Waals surface area contributed by atoms with Crippen LogP contribution in [0.4, 0.5) is 0 Å². The molecule has 2 aromatic rings. The van der Waals surface area contributed by atoms with Crippen molar-refractivity contribution in [1.29, 1.82) is 0 Å². The maximum Gasteiger partial charge on any atom is 0.263 e. The summed E-state index contributed by atoms with van der Waals surface area (Å²) in [6, 6.07) is 3.75. The molecule has 1 unspecified atom stereocenters. The molecule has 1 amide bonds. The average Bonchev–Trinajstić information content (AvgIpc) is 3.05. The first-order chi connectivity index (χ1) is 9.70. The van der Waals surface area contributed by atoms with Crippen LogP contribution in [-0.4, -0.2) is 22.5 Å². The molecule has 2 N–H and O–H groups in total. The van der Waals surface area contributed by atoms with E-state index in [1.165, 1.54) is 22.7 Å². The van der Waals surface area contributed by atoms with Crippen molar-refractivity contribution in [2.24, 2.45) is 0 Å². The lowest BCUT2D eigenvalue weighted by Crippen LogP contribution is -2.37. The first-order valence-electron chi connectivity index (χ1n) is 6.71. The quantitative estimate of drug-likeness (QED) is 0.908. The highest BCUT2D eigenvalue weighted by Crippen LogP contribution is 2.27. The van der Waals surface area contributed by atoms with Crippen LogP contribution >= 0.6 is 22.7 Å². The largest absolute Gasteiger partial charge is 0.383 e. The molecule has 0 aliphatic heterocycles. The zero-order valence-corrected chi connectivity index (χ0v) is 14.3. The monoisotopic (exact) mass is 324 g/mol. The molecule has 0 aliphatic rings. The fraction of sp³-hybridized carbons (Fsp3) is 0.467. The molecule has 6 heteroatoms. The van der Waals surface area contributed by atoms with E-state index in [0.717, 1.165) is 9.88 Å². The topological polar surface area (TPSA) is 62.2 Å². The Bertz CT molecular complexity index is 610. The summed E-state index contributed by atoms with van der Waals surface area (Å²) in [5, 5.41) is 16.0. The predicted octanol–water partition coefficient (Wildman–Crippen LogP) is 3.14. The van der Waals surface area contributed by atoms with Crippen molar-refractivity contribution in [2.75, 3.05) is 6.54 Å². The van der Waals surface area contributed by atoms with Crippen LogP contribution in [0.25, 0.3) is 0 Å². The number of thiazole rings is 1. The van der Waals surface area contributed by atoms with E-state index in [0.29, 0.717) is 4.88 Å². The Hall–Kier alpha value is -1.24. The van der Waals surface area contributed by atoms with Crippen molar-refractivity contribution < 1.29 is 9.90 Å². The van der Waals surface area contributed by atoms with Crippen molar-refractivity contribution in [3.05, 3.63) is 38.5 Å². The zero-order valence-electron chi connectivity index (χ0n) is 12.6. The molecular weight excluding hydrogens is 304 g/mol. The van der Waals surface area contributed by atoms with Crippen LogP contribution < -0.4 is 5.32 Å². The molecule has 1 atom stereocenters. The zero-order chi connectivity index (χ0) is 15.7. The molecule has 2 heterocycles. The third-order valence-corrected chi connectivity index (χ3v) is 5.56. The molecule has 0 bridgehead atoms. The maximum absolute atomic E-state index is 12.2. The summed E-state index contributed by atoms with van der Waals surface area (Å²) >= 11 is 2.87. The first-order valence-corrected chi connectivity index (χ1v) is 8.40. The number of hydrogen-bond donors (Lipinski definition) is 2. The van der Waals surface area contributed by atoms with E-state index in [4.69, 9.17) is 0 Å². The van der Waals surface area contributed by atoms with Crippen LogP contribution in [0.3, 0.4) is 0 Å². The van der Waals surface area contributed by atoms with Crippen LogP contribution in [0.15, 0.2) is 23.7 Å². The molecule has 114 valence electrons. The van der Waals surface area contributed by atoms with Gasteiger partial charge < -0.3 is 10.4 Å². The standard InChI is InChI=1S/C15H20N2O2S2/c1-14(2,3)13-16-8-10(21-13)12(18)17-9-15(4,19)11-6-5-7-20-11/h5-8,19H,9H2,1-4H3,(H,17,18). The van der Waals surface area contributed by atoms with Gasteiger partial charge in [-0.2, -0.15) is 0 Å². The lowest BCUT2D eigenvalue weighted by atomic mass is 9.98. The molecule has 2 rings (SSSR count). The third kappa shape index (κ3) is 3.90. The van der Waals surface area contributed by atoms with Crippen molar-refractivity contribution in [1.82, 2.24) is 10.3 Å². The molecule has 0 saturated carbocycles. The van der Waals surface area contributed by atoms with Gasteiger partial charge in [-0.25, -0.2) is 4.98 Å². The molecule has 0 saturated heterocycles. The number of hydrogen-bond acceptors (Lipinski definition) is 5. The molecule has 0 aliphatic carbocycles. The highest BCUT2D eigenvalue weighted by molar-refractivity contribution is 7.13. The Morgan fingerprint density at radius 3 is 2.62 bits per heavy atom. The molecule has 0 aromatic carbocycles. The first kappa shape index (κ1) is 16.1. The van der Waals surface area contributed by atoms with Crippen LogP contribution in [0, 0.1) is 0 Å². The molecule has 21 heavy (non-hydrogen) atoms. The number of aromatic nitrogens is 1. The number of thiophene rings is 1. The summed E-state index contributed by atoms with van der Waals surface area (Å²) in [6.45, 7) is 8.07. The van der Waals surface area contributed by atoms with Crippen molar-refractivity contribution >= 4 is 28.6 Å². The molecule has 2 aromatic heterocycles. The van der Waals surface area contributed by atoms with Gasteiger partial charge in [0.05, 0.1) is 17.7 Å². The van der Waals surface area contributed by atoms with Gasteiger partial charge in [-0.1, -0.05) is 26.8 Å². The number of aliphatic hydroxyl groups is 1. The SMILES string of the molecule is CC(C)(C)c1ncc(C(=O)NCC(C)(O)c2cccs2)s1. The minimum absolute atomic E-state index is 0.0638. The van der Waals surface area contributed by atoms with E-state index in [1.54, 1.807) is 13.1 Å². The van der Waals surface area contributed by atoms with E-state index >= 15 is 0 Å². The summed E-state index contributed by atoms with van der Waals surface area (Å²) in [4.78, 5) is 17.9. The van der Waals surface area contributed by atoms with Gasteiger partial charge in [-0.05, 0) is 18.4 Å². The van der Waals surface area contributed by atoms with E-state index < -0.39 is 5.60 Å². The van der Waals surface area contributed by atoms with Gasteiger partial charge in [-0.15, -0.1) is 22.7 Å². The van der Waals surface area contributed by atoms with Gasteiger partial charge in [-0.3, -0.25) is 4.79 Å². The lowest BCUT2D eigenvalue weighted by Gasteiger charge is -2.22. The van der Waals surface area contributed by atoms with Crippen LogP contribution in [0.2, 0.25) is 0 Å². The Morgan fingerprint density at radius 1 is 1.38 bits per heavy atom. The number of carbonyl (C=O) groups is 1. The van der Waals surface area contributed by atoms with Gasteiger partial charge in [0, 0.05) is 10.3 Å². The van der Waals surface area contributed by atoms with Gasteiger partial charge in [0.15, 0.2) is 0 Å². The van der Waals surface area contributed by atoms with Gasteiger partial charge in [0.25, 0.3) is 5.91 Å². The lowest BCUT2D eigenvalue weighted by molar-refractivity contribution is 0.0558. The Morgan fingerprint density at radius 2 is 2.10 bits per heavy atom. The van der Waals surface area contributed by atoms with E-state index in [9.17, 15) is 9.90 Å². The van der Waals surface area contributed by atoms with Gasteiger partial charge >= 0.3 is 0 Å². The molecule has 0 fully saturated rings. The number of rotatable bonds is 4. The second-order valence-electron chi connectivity index (χ2n) is 6.21. The number of nitrogens with one attached hydrogen (secondary N) is 1. The van der Waals surface area contributed by atoms with Crippen LogP contribution in [0.1, 0.15) is 47.3 Å². The molecular formula is C15H20N2O2S2. The van der Waals surface area contributed by atoms with Gasteiger partial charge in [0.2, 0.25) is 0 Å². The van der Waals surface area contributed by atoms with E-state index in [1.807, 2.05) is 17.5 Å². The summed E-state index contributed by atoms with van der Waals surface area (Å²) < 4.78 is 0. The van der Waals surface area contributed by atoms with Crippen LogP contribution in [-0.2, 0) is 11.0 Å². The second kappa shape index (κ2) is 5.87. The van der Waals surface area contributed by atoms with Crippen molar-refractivity contribution in [3.8, 4) is 0 Å². The Labute approximate surface area is 132 Å². The van der Waals surface area contributed by atoms with E-state index in [-0.39, 0.29) is 17.9 Å². The molecule has 0 spiro atoms. The summed E-state index contributed by atoms with van der Waals surface area (Å²) in [7, 11) is 0. The minimum Gasteiger partial charge on any atom is -0.383 e. The number of nitrogens with zero attached hydrogens (tertiary/aromatic N) is 1. The van der Waals surface area contributed by atoms with Gasteiger partial charge in [0.1, 0.15) is 10.5 Å². The fourth-order valence-electron chi connectivity index (χ4n) is 1.74. The second-order valence-corrected chi connectivity index (χ2v) is 8.19. The minimum atomic E-state index is -1.05. The summed E-state index contributed by atoms with van der Waals surface area (Å²) in [6.07, 6.45) is 1.60. The number of amides is 1. The van der Waals surface area contributed by atoms with Crippen molar-refractivity contribution in [2.45, 2.75) is 38.7 Å². The Kier molecular flexibility index (Phi) is 4.51. The normalized spacial score (nSPS) is 14.7. The highest BCUT2D eigenvalue weighted by Gasteiger charge is 2.26. The molecule has 0 radical (unpaired) electrons. The van der Waals surface area contributed by atoms with E-state index in [2.05, 4.69) is 31.1 Å². The number of carbonyl (C=O) groups excluding carboxylic acids is 1. The summed E-state index contributed by atoms with van der Waals surface area (Å²) in [5.41, 5.74) is -1.12. The summed E-state index contributed by atoms with van der Waals surface area (Å²) in [5.74, 6) is -0.195. The highest BCUT2D eigenvalue weighted by atomic mass is 32.1.